The van der Waals surface area contributed by atoms with Gasteiger partial charge in [-0.1, -0.05) is 23.8 Å². The molecule has 198 valence electrons. The number of rotatable bonds is 8. The quantitative estimate of drug-likeness (QED) is 0.366. The number of phosphoric acid groups is 1. The third-order valence-electron chi connectivity index (χ3n) is 6.49. The minimum atomic E-state index is -4.62. The van der Waals surface area contributed by atoms with Crippen molar-refractivity contribution < 1.29 is 38.2 Å². The topological polar surface area (TPSA) is 170 Å². The summed E-state index contributed by atoms with van der Waals surface area (Å²) in [5.41, 5.74) is 2.00. The third kappa shape index (κ3) is 5.87. The lowest BCUT2D eigenvalue weighted by atomic mass is 9.98. The monoisotopic (exact) mass is 526 g/mol. The van der Waals surface area contributed by atoms with E-state index in [1.165, 1.54) is 13.1 Å². The zero-order chi connectivity index (χ0) is 26.2. The predicted octanol–water partition coefficient (Wildman–Crippen LogP) is 1.13. The molecular formula is C23H31N2O10P. The fourth-order valence-electron chi connectivity index (χ4n) is 4.50. The van der Waals surface area contributed by atoms with Gasteiger partial charge in [-0.05, 0) is 31.9 Å². The number of hydrogen-bond acceptors (Lipinski definition) is 9. The lowest BCUT2D eigenvalue weighted by Crippen LogP contribution is -2.33. The highest BCUT2D eigenvalue weighted by Crippen LogP contribution is 2.49. The number of phosphoric ester groups is 1. The van der Waals surface area contributed by atoms with E-state index in [2.05, 4.69) is 4.98 Å². The number of nitrogens with one attached hydrogen (secondary N) is 1. The molecule has 12 nitrogen and oxygen atoms in total. The molecule has 0 radical (unpaired) electrons. The number of ether oxygens (including phenoxy) is 2. The number of aliphatic hydroxyl groups is 2. The number of benzene rings is 1. The van der Waals surface area contributed by atoms with Gasteiger partial charge in [0.25, 0.3) is 5.56 Å². The molecule has 0 amide bonds. The van der Waals surface area contributed by atoms with Crippen LogP contribution in [0.2, 0.25) is 0 Å². The molecule has 0 aliphatic carbocycles. The van der Waals surface area contributed by atoms with Crippen molar-refractivity contribution in [3.8, 4) is 0 Å². The van der Waals surface area contributed by atoms with Crippen LogP contribution in [-0.4, -0.2) is 62.3 Å². The van der Waals surface area contributed by atoms with Gasteiger partial charge in [0.2, 0.25) is 0 Å². The second-order valence-electron chi connectivity index (χ2n) is 9.26. The van der Waals surface area contributed by atoms with Gasteiger partial charge in [-0.25, -0.2) is 9.36 Å². The van der Waals surface area contributed by atoms with E-state index in [9.17, 15) is 29.3 Å². The Morgan fingerprint density at radius 2 is 1.89 bits per heavy atom. The molecule has 7 atom stereocenters. The molecule has 4 rings (SSSR count). The lowest BCUT2D eigenvalue weighted by molar-refractivity contribution is -0.0529. The smallest absolute Gasteiger partial charge is 0.394 e. The number of aryl methyl sites for hydroxylation is 3. The van der Waals surface area contributed by atoms with Crippen LogP contribution in [0.4, 0.5) is 0 Å². The number of aliphatic hydroxyl groups excluding tert-OH is 2. The van der Waals surface area contributed by atoms with E-state index in [1.54, 1.807) is 0 Å². The number of aromatic nitrogens is 2. The van der Waals surface area contributed by atoms with Crippen molar-refractivity contribution in [3.05, 3.63) is 67.5 Å². The molecule has 1 aromatic carbocycles. The minimum absolute atomic E-state index is 0.0105. The van der Waals surface area contributed by atoms with Crippen LogP contribution in [0, 0.1) is 20.8 Å². The predicted molar refractivity (Wildman–Crippen MR) is 126 cm³/mol. The highest BCUT2D eigenvalue weighted by atomic mass is 31.2. The van der Waals surface area contributed by atoms with Crippen LogP contribution in [0.5, 0.6) is 0 Å². The maximum Gasteiger partial charge on any atom is 0.472 e. The summed E-state index contributed by atoms with van der Waals surface area (Å²) in [6.07, 6.45) is -3.59. The van der Waals surface area contributed by atoms with E-state index in [1.807, 2.05) is 32.0 Å². The third-order valence-corrected chi connectivity index (χ3v) is 7.51. The van der Waals surface area contributed by atoms with Crippen molar-refractivity contribution in [2.45, 2.75) is 70.4 Å². The lowest BCUT2D eigenvalue weighted by Gasteiger charge is -2.22. The van der Waals surface area contributed by atoms with E-state index in [0.717, 1.165) is 21.3 Å². The number of hydrogen-bond donors (Lipinski definition) is 4. The Kier molecular flexibility index (Phi) is 7.98. The minimum Gasteiger partial charge on any atom is -0.394 e. The molecule has 4 N–H and O–H groups in total. The first-order valence-corrected chi connectivity index (χ1v) is 13.1. The van der Waals surface area contributed by atoms with Gasteiger partial charge in [0.05, 0.1) is 25.4 Å². The van der Waals surface area contributed by atoms with Crippen LogP contribution >= 0.6 is 7.82 Å². The Labute approximate surface area is 207 Å². The summed E-state index contributed by atoms with van der Waals surface area (Å²) >= 11 is 0. The zero-order valence-corrected chi connectivity index (χ0v) is 21.1. The normalized spacial score (nSPS) is 29.9. The van der Waals surface area contributed by atoms with E-state index < -0.39 is 69.0 Å². The van der Waals surface area contributed by atoms with Gasteiger partial charge in [-0.3, -0.25) is 23.4 Å². The van der Waals surface area contributed by atoms with Gasteiger partial charge >= 0.3 is 13.5 Å². The van der Waals surface area contributed by atoms with Crippen LogP contribution in [0.1, 0.15) is 47.4 Å². The molecule has 3 unspecified atom stereocenters. The van der Waals surface area contributed by atoms with Crippen molar-refractivity contribution in [1.29, 1.82) is 0 Å². The van der Waals surface area contributed by atoms with Gasteiger partial charge in [0, 0.05) is 24.6 Å². The van der Waals surface area contributed by atoms with Crippen molar-refractivity contribution in [3.63, 3.8) is 0 Å². The molecule has 3 heterocycles. The maximum atomic E-state index is 12.7. The van der Waals surface area contributed by atoms with Crippen LogP contribution < -0.4 is 11.2 Å². The summed E-state index contributed by atoms with van der Waals surface area (Å²) < 4.78 is 35.8. The molecule has 2 aliphatic rings. The van der Waals surface area contributed by atoms with Gasteiger partial charge < -0.3 is 24.6 Å². The molecular weight excluding hydrogens is 495 g/mol. The Morgan fingerprint density at radius 3 is 2.61 bits per heavy atom. The van der Waals surface area contributed by atoms with Gasteiger partial charge in [-0.15, -0.1) is 0 Å². The summed E-state index contributed by atoms with van der Waals surface area (Å²) in [7, 11) is -4.62. The van der Waals surface area contributed by atoms with E-state index in [0.29, 0.717) is 0 Å². The Balaban J connectivity index is 1.37. The van der Waals surface area contributed by atoms with Crippen molar-refractivity contribution in [2.75, 3.05) is 13.2 Å². The molecule has 1 aromatic heterocycles. The molecule has 0 saturated carbocycles. The summed E-state index contributed by atoms with van der Waals surface area (Å²) in [5.74, 6) is 0. The summed E-state index contributed by atoms with van der Waals surface area (Å²) in [4.78, 5) is 36.2. The first-order valence-electron chi connectivity index (χ1n) is 11.6. The number of aromatic amines is 1. The Morgan fingerprint density at radius 1 is 1.14 bits per heavy atom. The fraction of sp³-hybridized carbons (Fsp3) is 0.565. The average Bonchev–Trinajstić information content (AvgIpc) is 3.38. The van der Waals surface area contributed by atoms with Gasteiger partial charge in [0.15, 0.2) is 0 Å². The zero-order valence-electron chi connectivity index (χ0n) is 20.2. The summed E-state index contributed by atoms with van der Waals surface area (Å²) in [6, 6.07) is 5.90. The number of H-pyrrole nitrogens is 1. The molecule has 0 spiro atoms. The first kappa shape index (κ1) is 26.9. The summed E-state index contributed by atoms with van der Waals surface area (Å²) in [5, 5.41) is 20.1. The standard InChI is InChI=1S/C23H31N2O10P/c1-12-4-5-13(2)15(6-12)17-8-18(19(10-26)33-17)35-36(30,31)32-11-20-16(27)7-21(34-20)25-9-14(3)22(28)24-23(25)29/h4-6,9,16-21,26-27H,7-8,10-11H2,1-3H3,(H,30,31)(H,24,28,29)/t16?,17-,18?,19-,20-,21-/m1/s1. The number of nitrogens with zero attached hydrogens (tertiary/aromatic N) is 1. The molecule has 2 aromatic rings. The molecule has 2 fully saturated rings. The van der Waals surface area contributed by atoms with E-state index >= 15 is 0 Å². The molecule has 36 heavy (non-hydrogen) atoms. The van der Waals surface area contributed by atoms with Crippen LogP contribution in [0.25, 0.3) is 0 Å². The summed E-state index contributed by atoms with van der Waals surface area (Å²) in [6.45, 7) is 4.51. The van der Waals surface area contributed by atoms with Crippen LogP contribution in [0.3, 0.4) is 0 Å². The highest BCUT2D eigenvalue weighted by Gasteiger charge is 2.43. The van der Waals surface area contributed by atoms with Crippen LogP contribution in [0.15, 0.2) is 34.0 Å². The van der Waals surface area contributed by atoms with Crippen molar-refractivity contribution >= 4 is 7.82 Å². The van der Waals surface area contributed by atoms with Crippen molar-refractivity contribution in [2.24, 2.45) is 0 Å². The van der Waals surface area contributed by atoms with E-state index in [-0.39, 0.29) is 18.4 Å². The van der Waals surface area contributed by atoms with Crippen molar-refractivity contribution in [1.82, 2.24) is 9.55 Å². The fourth-order valence-corrected chi connectivity index (χ4v) is 5.46. The second kappa shape index (κ2) is 10.7. The SMILES string of the molecule is Cc1ccc(C)c([C@H]2CC(OP(=O)(O)OC[C@H]3O[C@@H](n4cc(C)c(=O)[nH]c4=O)CC3O)[C@@H](CO)O2)c1. The molecule has 2 aliphatic heterocycles. The molecule has 0 bridgehead atoms. The average molecular weight is 526 g/mol. The maximum absolute atomic E-state index is 12.7. The van der Waals surface area contributed by atoms with E-state index in [4.69, 9.17) is 18.5 Å². The van der Waals surface area contributed by atoms with Gasteiger partial charge in [0.1, 0.15) is 24.5 Å². The largest absolute Gasteiger partial charge is 0.472 e. The Hall–Kier alpha value is -2.15. The highest BCUT2D eigenvalue weighted by molar-refractivity contribution is 7.47. The van der Waals surface area contributed by atoms with Crippen LogP contribution in [-0.2, 0) is 23.1 Å². The first-order chi connectivity index (χ1) is 17.0. The Bertz CT molecular complexity index is 1260. The van der Waals surface area contributed by atoms with Gasteiger partial charge in [-0.2, -0.15) is 0 Å². The molecule has 2 saturated heterocycles. The second-order valence-corrected chi connectivity index (χ2v) is 10.7. The molecule has 13 heteroatoms.